The summed E-state index contributed by atoms with van der Waals surface area (Å²) in [7, 11) is -2.06. The average molecular weight is 152 g/mol. The first-order valence-electron chi connectivity index (χ1n) is 2.54. The van der Waals surface area contributed by atoms with Gasteiger partial charge in [0.2, 0.25) is 0 Å². The van der Waals surface area contributed by atoms with Crippen molar-refractivity contribution in [3.8, 4) is 0 Å². The summed E-state index contributed by atoms with van der Waals surface area (Å²) < 4.78 is 4.29. The molecule has 0 atom stereocenters. The molecule has 0 unspecified atom stereocenters. The summed E-state index contributed by atoms with van der Waals surface area (Å²) in [4.78, 5) is 0. The van der Waals surface area contributed by atoms with Crippen molar-refractivity contribution in [2.45, 2.75) is 0 Å². The largest absolute Gasteiger partial charge is 0.297 e. The summed E-state index contributed by atoms with van der Waals surface area (Å²) in [6.07, 6.45) is 0. The minimum atomic E-state index is -1.55. The van der Waals surface area contributed by atoms with E-state index >= 15 is 0 Å². The van der Waals surface area contributed by atoms with E-state index in [1.165, 1.54) is 0 Å². The van der Waals surface area contributed by atoms with Crippen molar-refractivity contribution >= 4 is 14.9 Å². The molecule has 0 radical (unpaired) electrons. The Bertz CT molecular complexity index is 140. The van der Waals surface area contributed by atoms with Crippen molar-refractivity contribution in [3.05, 3.63) is 0 Å². The van der Waals surface area contributed by atoms with Gasteiger partial charge in [-0.2, -0.15) is 0 Å². The van der Waals surface area contributed by atoms with E-state index < -0.39 is 14.9 Å². The number of hydrogen-bond acceptors (Lipinski definition) is 1. The molecule has 4 heteroatoms. The molecular formula is C4H14N2P2. The molecule has 0 aliphatic heterocycles. The molecule has 0 aromatic carbocycles. The molecule has 0 bridgehead atoms. The molecule has 0 saturated carbocycles. The van der Waals surface area contributed by atoms with E-state index in [1.807, 2.05) is 13.3 Å². The van der Waals surface area contributed by atoms with Crippen LogP contribution in [0.25, 0.3) is 0 Å². The van der Waals surface area contributed by atoms with Crippen molar-refractivity contribution in [2.75, 3.05) is 26.7 Å². The van der Waals surface area contributed by atoms with Crippen LogP contribution in [-0.4, -0.2) is 26.7 Å². The quantitative estimate of drug-likeness (QED) is 0.560. The van der Waals surface area contributed by atoms with Gasteiger partial charge in [-0.15, -0.1) is 0 Å². The van der Waals surface area contributed by atoms with Crippen LogP contribution in [0.2, 0.25) is 0 Å². The van der Waals surface area contributed by atoms with Crippen molar-refractivity contribution in [1.82, 2.24) is 0 Å². The maximum atomic E-state index is 7.43. The van der Waals surface area contributed by atoms with Crippen LogP contribution in [0.3, 0.4) is 0 Å². The number of nitrogens with zero attached hydrogens (tertiary/aromatic N) is 1. The molecule has 0 rings (SSSR count). The van der Waals surface area contributed by atoms with E-state index in [1.54, 1.807) is 0 Å². The highest BCUT2D eigenvalue weighted by Gasteiger charge is 1.93. The van der Waals surface area contributed by atoms with Crippen molar-refractivity contribution < 1.29 is 0 Å². The molecule has 8 heavy (non-hydrogen) atoms. The van der Waals surface area contributed by atoms with Crippen LogP contribution in [-0.2, 0) is 0 Å². The van der Waals surface area contributed by atoms with Gasteiger partial charge in [0.1, 0.15) is 0 Å². The Labute approximate surface area is 52.1 Å². The fraction of sp³-hybridized carbons (Fsp3) is 1.00. The molecule has 0 heterocycles. The average Bonchev–Trinajstić information content (AvgIpc) is 1.21. The third-order valence-electron chi connectivity index (χ3n) is 0.450. The third-order valence-corrected chi connectivity index (χ3v) is 4.05. The summed E-state index contributed by atoms with van der Waals surface area (Å²) in [5.41, 5.74) is 0. The van der Waals surface area contributed by atoms with Crippen LogP contribution in [0.1, 0.15) is 0 Å². The molecule has 1 N–H and O–H groups in total. The lowest BCUT2D eigenvalue weighted by Crippen LogP contribution is -1.61. The highest BCUT2D eigenvalue weighted by atomic mass is 31.2. The highest BCUT2D eigenvalue weighted by Crippen LogP contribution is 2.44. The van der Waals surface area contributed by atoms with Crippen LogP contribution < -0.4 is 0 Å². The van der Waals surface area contributed by atoms with E-state index in [0.717, 1.165) is 0 Å². The molecule has 0 spiro atoms. The zero-order chi connectivity index (χ0) is 6.78. The molecule has 50 valence electrons. The van der Waals surface area contributed by atoms with Gasteiger partial charge in [0.25, 0.3) is 0 Å². The zero-order valence-corrected chi connectivity index (χ0v) is 7.79. The molecule has 0 aromatic heterocycles. The fourth-order valence-electron chi connectivity index (χ4n) is 0.500. The smallest absolute Gasteiger partial charge is 0.0630 e. The molecule has 0 saturated heterocycles. The summed E-state index contributed by atoms with van der Waals surface area (Å²) in [6.45, 7) is 8.07. The Morgan fingerprint density at radius 2 is 1.75 bits per heavy atom. The molecule has 2 nitrogen and oxygen atoms in total. The molecule has 0 aliphatic carbocycles. The summed E-state index contributed by atoms with van der Waals surface area (Å²) in [6, 6.07) is 0. The van der Waals surface area contributed by atoms with E-state index in [-0.39, 0.29) is 0 Å². The van der Waals surface area contributed by atoms with Crippen molar-refractivity contribution in [3.63, 3.8) is 0 Å². The van der Waals surface area contributed by atoms with E-state index in [0.29, 0.717) is 0 Å². The zero-order valence-electron chi connectivity index (χ0n) is 5.89. The van der Waals surface area contributed by atoms with Crippen LogP contribution in [0.15, 0.2) is 4.52 Å². The Morgan fingerprint density at radius 1 is 1.38 bits per heavy atom. The lowest BCUT2D eigenvalue weighted by Gasteiger charge is -2.02. The monoisotopic (exact) mass is 152 g/mol. The van der Waals surface area contributed by atoms with Gasteiger partial charge >= 0.3 is 0 Å². The Balaban J connectivity index is 4.11. The van der Waals surface area contributed by atoms with Gasteiger partial charge in [-0.05, 0) is 34.4 Å². The van der Waals surface area contributed by atoms with Gasteiger partial charge in [0.05, 0.1) is 7.21 Å². The standard InChI is InChI=1S/C4H14N2P2/c1-7(2)6-8(3,4)5/h5,7H,1-4H3. The lowest BCUT2D eigenvalue weighted by molar-refractivity contribution is 1.55. The molecule has 0 amide bonds. The maximum absolute atomic E-state index is 7.43. The second-order valence-electron chi connectivity index (χ2n) is 2.44. The molecule has 0 fully saturated rings. The number of rotatable bonds is 1. The topological polar surface area (TPSA) is 36.2 Å². The lowest BCUT2D eigenvalue weighted by atomic mass is 11.9. The first-order chi connectivity index (χ1) is 3.42. The SMILES string of the molecule is C[PH](C)=NP(C)(C)=N. The third kappa shape index (κ3) is 6.46. The molecular weight excluding hydrogens is 138 g/mol. The van der Waals surface area contributed by atoms with E-state index in [9.17, 15) is 0 Å². The molecule has 0 aliphatic rings. The van der Waals surface area contributed by atoms with Gasteiger partial charge in [-0.1, -0.05) is 0 Å². The van der Waals surface area contributed by atoms with Crippen LogP contribution in [0.5, 0.6) is 0 Å². The number of hydrogen-bond donors (Lipinski definition) is 1. The maximum Gasteiger partial charge on any atom is 0.0630 e. The van der Waals surface area contributed by atoms with Gasteiger partial charge in [-0.3, -0.25) is 9.68 Å². The molecule has 0 aromatic rings. The van der Waals surface area contributed by atoms with Crippen LogP contribution in [0, 0.1) is 5.16 Å². The summed E-state index contributed by atoms with van der Waals surface area (Å²) in [5.74, 6) is 0. The fourth-order valence-corrected chi connectivity index (χ4v) is 4.50. The van der Waals surface area contributed by atoms with E-state index in [2.05, 4.69) is 17.8 Å². The van der Waals surface area contributed by atoms with Crippen molar-refractivity contribution in [2.24, 2.45) is 4.52 Å². The number of nitrogens with one attached hydrogen (secondary N) is 1. The van der Waals surface area contributed by atoms with Gasteiger partial charge in [0.15, 0.2) is 0 Å². The Morgan fingerprint density at radius 3 is 1.75 bits per heavy atom. The first-order valence-corrected chi connectivity index (χ1v) is 7.62. The van der Waals surface area contributed by atoms with E-state index in [4.69, 9.17) is 5.16 Å². The van der Waals surface area contributed by atoms with Crippen LogP contribution in [0.4, 0.5) is 0 Å². The van der Waals surface area contributed by atoms with Gasteiger partial charge in [0, 0.05) is 0 Å². The Hall–Kier alpha value is 0.460. The predicted octanol–water partition coefficient (Wildman–Crippen LogP) is 2.60. The predicted molar refractivity (Wildman–Crippen MR) is 44.1 cm³/mol. The second-order valence-corrected chi connectivity index (χ2v) is 7.92. The van der Waals surface area contributed by atoms with Gasteiger partial charge in [-0.25, -0.2) is 0 Å². The second kappa shape index (κ2) is 2.85. The normalized spacial score (nSPS) is 12.1. The van der Waals surface area contributed by atoms with Gasteiger partial charge < -0.3 is 0 Å². The minimum absolute atomic E-state index is 0.505. The van der Waals surface area contributed by atoms with Crippen LogP contribution >= 0.6 is 14.9 Å². The highest BCUT2D eigenvalue weighted by molar-refractivity contribution is 7.68. The summed E-state index contributed by atoms with van der Waals surface area (Å²) in [5, 5.41) is 7.43. The summed E-state index contributed by atoms with van der Waals surface area (Å²) >= 11 is 0. The minimum Gasteiger partial charge on any atom is -0.297 e. The Kier molecular flexibility index (Phi) is 3.01. The van der Waals surface area contributed by atoms with Crippen molar-refractivity contribution in [1.29, 1.82) is 5.16 Å². The first kappa shape index (κ1) is 8.46.